The second-order valence-corrected chi connectivity index (χ2v) is 7.40. The monoisotopic (exact) mass is 326 g/mol. The Hall–Kier alpha value is -0.530. The number of rotatable bonds is 17. The van der Waals surface area contributed by atoms with E-state index in [0.717, 1.165) is 25.2 Å². The van der Waals surface area contributed by atoms with Crippen LogP contribution in [0.25, 0.3) is 0 Å². The Morgan fingerprint density at radius 1 is 0.739 bits per heavy atom. The average Bonchev–Trinajstić information content (AvgIpc) is 2.52. The van der Waals surface area contributed by atoms with Crippen molar-refractivity contribution >= 4 is 5.97 Å². The predicted octanol–water partition coefficient (Wildman–Crippen LogP) is 7.06. The summed E-state index contributed by atoms with van der Waals surface area (Å²) in [4.78, 5) is 11.6. The maximum atomic E-state index is 11.6. The van der Waals surface area contributed by atoms with Crippen molar-refractivity contribution in [1.82, 2.24) is 0 Å². The minimum absolute atomic E-state index is 0.00507. The molecule has 0 aliphatic heterocycles. The fourth-order valence-corrected chi connectivity index (χ4v) is 2.85. The molecule has 0 aromatic heterocycles. The van der Waals surface area contributed by atoms with Crippen molar-refractivity contribution in [2.75, 3.05) is 6.61 Å². The van der Waals surface area contributed by atoms with Crippen LogP contribution >= 0.6 is 0 Å². The van der Waals surface area contributed by atoms with Crippen LogP contribution < -0.4 is 0 Å². The van der Waals surface area contributed by atoms with Crippen molar-refractivity contribution in [2.45, 2.75) is 117 Å². The van der Waals surface area contributed by atoms with Crippen LogP contribution in [0.4, 0.5) is 0 Å². The lowest BCUT2D eigenvalue weighted by atomic mass is 10.0. The van der Waals surface area contributed by atoms with Crippen molar-refractivity contribution in [2.24, 2.45) is 5.92 Å². The van der Waals surface area contributed by atoms with Crippen molar-refractivity contribution in [3.8, 4) is 0 Å². The Labute approximate surface area is 145 Å². The molecule has 0 amide bonds. The number of unbranched alkanes of at least 4 members (excludes halogenated alkanes) is 11. The molecule has 2 nitrogen and oxygen atoms in total. The van der Waals surface area contributed by atoms with Gasteiger partial charge in [-0.05, 0) is 18.8 Å². The van der Waals surface area contributed by atoms with E-state index >= 15 is 0 Å². The third kappa shape index (κ3) is 19.4. The van der Waals surface area contributed by atoms with Gasteiger partial charge in [0.25, 0.3) is 0 Å². The summed E-state index contributed by atoms with van der Waals surface area (Å²) in [6.07, 6.45) is 18.4. The van der Waals surface area contributed by atoms with Crippen molar-refractivity contribution in [1.29, 1.82) is 0 Å². The summed E-state index contributed by atoms with van der Waals surface area (Å²) in [7, 11) is 0. The summed E-state index contributed by atoms with van der Waals surface area (Å²) in [5, 5.41) is 0. The number of carbonyl (C=O) groups is 1. The summed E-state index contributed by atoms with van der Waals surface area (Å²) >= 11 is 0. The molecule has 2 heteroatoms. The van der Waals surface area contributed by atoms with E-state index < -0.39 is 0 Å². The molecule has 0 spiro atoms. The first-order valence-electron chi connectivity index (χ1n) is 10.3. The topological polar surface area (TPSA) is 26.3 Å². The van der Waals surface area contributed by atoms with E-state index in [1.54, 1.807) is 0 Å². The number of ether oxygens (including phenoxy) is 1. The van der Waals surface area contributed by atoms with E-state index in [1.165, 1.54) is 70.6 Å². The van der Waals surface area contributed by atoms with Gasteiger partial charge in [-0.3, -0.25) is 4.79 Å². The van der Waals surface area contributed by atoms with Crippen LogP contribution in [0.1, 0.15) is 117 Å². The Balaban J connectivity index is 3.14. The zero-order valence-electron chi connectivity index (χ0n) is 16.2. The molecular formula is C21H42O2. The van der Waals surface area contributed by atoms with Gasteiger partial charge in [-0.2, -0.15) is 0 Å². The van der Waals surface area contributed by atoms with Crippen molar-refractivity contribution < 1.29 is 9.53 Å². The SMILES string of the molecule is CCCCCCCCCCCCOC(=O)CCCCCC(C)C. The summed E-state index contributed by atoms with van der Waals surface area (Å²) in [5.74, 6) is 0.781. The van der Waals surface area contributed by atoms with Gasteiger partial charge in [-0.15, -0.1) is 0 Å². The maximum Gasteiger partial charge on any atom is 0.305 e. The molecule has 0 rings (SSSR count). The van der Waals surface area contributed by atoms with E-state index in [9.17, 15) is 4.79 Å². The minimum atomic E-state index is 0.00507. The van der Waals surface area contributed by atoms with Crippen LogP contribution in [-0.2, 0) is 9.53 Å². The van der Waals surface area contributed by atoms with Crippen LogP contribution in [0.15, 0.2) is 0 Å². The van der Waals surface area contributed by atoms with E-state index in [1.807, 2.05) is 0 Å². The lowest BCUT2D eigenvalue weighted by molar-refractivity contribution is -0.143. The van der Waals surface area contributed by atoms with Gasteiger partial charge in [-0.25, -0.2) is 0 Å². The van der Waals surface area contributed by atoms with Gasteiger partial charge >= 0.3 is 5.97 Å². The van der Waals surface area contributed by atoms with Gasteiger partial charge in [0.05, 0.1) is 6.61 Å². The zero-order valence-corrected chi connectivity index (χ0v) is 16.2. The molecule has 0 unspecified atom stereocenters. The van der Waals surface area contributed by atoms with Crippen LogP contribution in [-0.4, -0.2) is 12.6 Å². The van der Waals surface area contributed by atoms with Gasteiger partial charge in [0.1, 0.15) is 0 Å². The molecule has 0 saturated carbocycles. The smallest absolute Gasteiger partial charge is 0.305 e. The first-order chi connectivity index (χ1) is 11.2. The quantitative estimate of drug-likeness (QED) is 0.211. The molecular weight excluding hydrogens is 284 g/mol. The van der Waals surface area contributed by atoms with E-state index in [0.29, 0.717) is 13.0 Å². The van der Waals surface area contributed by atoms with Crippen molar-refractivity contribution in [3.63, 3.8) is 0 Å². The van der Waals surface area contributed by atoms with Gasteiger partial charge in [0.15, 0.2) is 0 Å². The second-order valence-electron chi connectivity index (χ2n) is 7.40. The number of carbonyl (C=O) groups excluding carboxylic acids is 1. The molecule has 23 heavy (non-hydrogen) atoms. The van der Waals surface area contributed by atoms with Crippen LogP contribution in [0, 0.1) is 5.92 Å². The summed E-state index contributed by atoms with van der Waals surface area (Å²) in [6, 6.07) is 0. The van der Waals surface area contributed by atoms with E-state index in [-0.39, 0.29) is 5.97 Å². The molecule has 0 saturated heterocycles. The molecule has 0 heterocycles. The van der Waals surface area contributed by atoms with Gasteiger partial charge in [-0.1, -0.05) is 97.8 Å². The molecule has 138 valence electrons. The first-order valence-corrected chi connectivity index (χ1v) is 10.3. The second kappa shape index (κ2) is 17.8. The number of hydrogen-bond donors (Lipinski definition) is 0. The minimum Gasteiger partial charge on any atom is -0.466 e. The molecule has 0 fully saturated rings. The molecule has 0 N–H and O–H groups in total. The third-order valence-electron chi connectivity index (χ3n) is 4.42. The highest BCUT2D eigenvalue weighted by atomic mass is 16.5. The van der Waals surface area contributed by atoms with E-state index in [2.05, 4.69) is 20.8 Å². The summed E-state index contributed by atoms with van der Waals surface area (Å²) < 4.78 is 5.30. The predicted molar refractivity (Wildman–Crippen MR) is 101 cm³/mol. The third-order valence-corrected chi connectivity index (χ3v) is 4.42. The zero-order chi connectivity index (χ0) is 17.2. The molecule has 0 aromatic rings. The van der Waals surface area contributed by atoms with Crippen LogP contribution in [0.3, 0.4) is 0 Å². The summed E-state index contributed by atoms with van der Waals surface area (Å²) in [6.45, 7) is 7.39. The van der Waals surface area contributed by atoms with Gasteiger partial charge < -0.3 is 4.74 Å². The Morgan fingerprint density at radius 2 is 1.26 bits per heavy atom. The Kier molecular flexibility index (Phi) is 17.4. The first kappa shape index (κ1) is 22.5. The van der Waals surface area contributed by atoms with Gasteiger partial charge in [0, 0.05) is 6.42 Å². The molecule has 0 aliphatic carbocycles. The number of hydrogen-bond acceptors (Lipinski definition) is 2. The average molecular weight is 327 g/mol. The van der Waals surface area contributed by atoms with Crippen molar-refractivity contribution in [3.05, 3.63) is 0 Å². The normalized spacial score (nSPS) is 11.1. The van der Waals surface area contributed by atoms with Crippen LogP contribution in [0.2, 0.25) is 0 Å². The van der Waals surface area contributed by atoms with Crippen LogP contribution in [0.5, 0.6) is 0 Å². The summed E-state index contributed by atoms with van der Waals surface area (Å²) in [5.41, 5.74) is 0. The Bertz CT molecular complexity index is 248. The van der Waals surface area contributed by atoms with E-state index in [4.69, 9.17) is 4.74 Å². The Morgan fingerprint density at radius 3 is 1.83 bits per heavy atom. The lowest BCUT2D eigenvalue weighted by Gasteiger charge is -2.06. The largest absolute Gasteiger partial charge is 0.466 e. The highest BCUT2D eigenvalue weighted by Gasteiger charge is 2.03. The fourth-order valence-electron chi connectivity index (χ4n) is 2.85. The molecule has 0 atom stereocenters. The molecule has 0 bridgehead atoms. The molecule has 0 aliphatic rings. The highest BCUT2D eigenvalue weighted by Crippen LogP contribution is 2.11. The molecule has 0 radical (unpaired) electrons. The maximum absolute atomic E-state index is 11.6. The fraction of sp³-hybridized carbons (Fsp3) is 0.952. The highest BCUT2D eigenvalue weighted by molar-refractivity contribution is 5.69. The lowest BCUT2D eigenvalue weighted by Crippen LogP contribution is -2.05. The van der Waals surface area contributed by atoms with Gasteiger partial charge in [0.2, 0.25) is 0 Å². The molecule has 0 aromatic carbocycles. The standard InChI is InChI=1S/C21H42O2/c1-4-5-6-7-8-9-10-11-12-16-19-23-21(22)18-15-13-14-17-20(2)3/h20H,4-19H2,1-3H3. The number of esters is 1.